The molecular formula is C19H16ClN3O3S. The average molecular weight is 402 g/mol. The zero-order chi connectivity index (χ0) is 19.4. The Bertz CT molecular complexity index is 911. The number of halogens is 1. The van der Waals surface area contributed by atoms with Gasteiger partial charge in [0.2, 0.25) is 0 Å². The molecule has 1 saturated heterocycles. The summed E-state index contributed by atoms with van der Waals surface area (Å²) in [7, 11) is 0. The second-order valence-corrected chi connectivity index (χ2v) is 7.25. The fourth-order valence-corrected chi connectivity index (χ4v) is 3.38. The minimum absolute atomic E-state index is 0.0999. The van der Waals surface area contributed by atoms with Gasteiger partial charge in [-0.25, -0.2) is 4.98 Å². The fraction of sp³-hybridized carbons (Fsp3) is 0.158. The van der Waals surface area contributed by atoms with Gasteiger partial charge in [0.05, 0.1) is 10.5 Å². The van der Waals surface area contributed by atoms with Gasteiger partial charge < -0.3 is 5.32 Å². The maximum absolute atomic E-state index is 12.4. The van der Waals surface area contributed by atoms with Crippen molar-refractivity contribution in [3.05, 3.63) is 69.3 Å². The molecule has 1 aliphatic rings. The van der Waals surface area contributed by atoms with Crippen LogP contribution in [0.25, 0.3) is 6.08 Å². The zero-order valence-corrected chi connectivity index (χ0v) is 16.0. The van der Waals surface area contributed by atoms with Crippen LogP contribution in [0.4, 0.5) is 4.79 Å². The topological polar surface area (TPSA) is 79.4 Å². The molecule has 1 N–H and O–H groups in total. The molecule has 6 nitrogen and oxygen atoms in total. The van der Waals surface area contributed by atoms with Gasteiger partial charge in [0.1, 0.15) is 5.15 Å². The lowest BCUT2D eigenvalue weighted by Crippen LogP contribution is -2.37. The van der Waals surface area contributed by atoms with E-state index < -0.39 is 0 Å². The first-order valence-corrected chi connectivity index (χ1v) is 9.35. The van der Waals surface area contributed by atoms with E-state index in [0.717, 1.165) is 27.8 Å². The van der Waals surface area contributed by atoms with Crippen molar-refractivity contribution in [2.24, 2.45) is 0 Å². The van der Waals surface area contributed by atoms with Crippen LogP contribution in [0.15, 0.2) is 47.5 Å². The SMILES string of the molecule is Cc1ccc(C=C2SC(=O)N(CCNC(=O)c3ccc(Cl)nc3)C2=O)cc1. The molecule has 1 aromatic heterocycles. The molecule has 0 atom stereocenters. The third-order valence-corrected chi connectivity index (χ3v) is 4.99. The Morgan fingerprint density at radius 3 is 2.63 bits per heavy atom. The first-order valence-electron chi connectivity index (χ1n) is 8.16. The molecule has 0 bridgehead atoms. The van der Waals surface area contributed by atoms with E-state index in [1.807, 2.05) is 31.2 Å². The molecule has 1 aromatic carbocycles. The van der Waals surface area contributed by atoms with Crippen molar-refractivity contribution in [1.82, 2.24) is 15.2 Å². The lowest BCUT2D eigenvalue weighted by atomic mass is 10.1. The molecule has 0 radical (unpaired) electrons. The van der Waals surface area contributed by atoms with Gasteiger partial charge in [0.15, 0.2) is 0 Å². The number of carbonyl (C=O) groups excluding carboxylic acids is 3. The Morgan fingerprint density at radius 1 is 1.22 bits per heavy atom. The quantitative estimate of drug-likeness (QED) is 0.612. The molecule has 138 valence electrons. The van der Waals surface area contributed by atoms with Crippen molar-refractivity contribution >= 4 is 46.5 Å². The predicted octanol–water partition coefficient (Wildman–Crippen LogP) is 3.51. The number of benzene rings is 1. The molecule has 3 amide bonds. The molecule has 0 saturated carbocycles. The van der Waals surface area contributed by atoms with E-state index in [1.54, 1.807) is 12.1 Å². The molecule has 2 aromatic rings. The van der Waals surface area contributed by atoms with Crippen molar-refractivity contribution in [2.75, 3.05) is 13.1 Å². The number of pyridine rings is 1. The van der Waals surface area contributed by atoms with Crippen molar-refractivity contribution in [2.45, 2.75) is 6.92 Å². The number of hydrogen-bond donors (Lipinski definition) is 1. The van der Waals surface area contributed by atoms with Gasteiger partial charge in [0.25, 0.3) is 17.1 Å². The zero-order valence-electron chi connectivity index (χ0n) is 14.4. The van der Waals surface area contributed by atoms with Gasteiger partial charge in [0, 0.05) is 19.3 Å². The number of hydrogen-bond acceptors (Lipinski definition) is 5. The van der Waals surface area contributed by atoms with Crippen LogP contribution in [0.3, 0.4) is 0 Å². The number of amides is 3. The number of aryl methyl sites for hydroxylation is 1. The van der Waals surface area contributed by atoms with E-state index in [1.165, 1.54) is 12.3 Å². The summed E-state index contributed by atoms with van der Waals surface area (Å²) < 4.78 is 0. The number of imide groups is 1. The predicted molar refractivity (Wildman–Crippen MR) is 105 cm³/mol. The van der Waals surface area contributed by atoms with E-state index in [9.17, 15) is 14.4 Å². The number of aromatic nitrogens is 1. The lowest BCUT2D eigenvalue weighted by Gasteiger charge is -2.13. The summed E-state index contributed by atoms with van der Waals surface area (Å²) in [6, 6.07) is 10.7. The van der Waals surface area contributed by atoms with Gasteiger partial charge in [-0.05, 0) is 42.5 Å². The van der Waals surface area contributed by atoms with Gasteiger partial charge in [-0.1, -0.05) is 41.4 Å². The molecule has 2 heterocycles. The molecule has 0 spiro atoms. The lowest BCUT2D eigenvalue weighted by molar-refractivity contribution is -0.122. The summed E-state index contributed by atoms with van der Waals surface area (Å²) in [4.78, 5) is 41.9. The second-order valence-electron chi connectivity index (χ2n) is 5.87. The Labute approximate surface area is 165 Å². The summed E-state index contributed by atoms with van der Waals surface area (Å²) in [5, 5.41) is 2.61. The Kier molecular flexibility index (Phi) is 5.93. The van der Waals surface area contributed by atoms with Gasteiger partial charge in [-0.15, -0.1) is 0 Å². The molecular weight excluding hydrogens is 386 g/mol. The van der Waals surface area contributed by atoms with Crippen molar-refractivity contribution < 1.29 is 14.4 Å². The molecule has 8 heteroatoms. The Morgan fingerprint density at radius 2 is 1.96 bits per heavy atom. The first kappa shape index (κ1) is 19.1. The van der Waals surface area contributed by atoms with E-state index in [0.29, 0.717) is 15.6 Å². The highest BCUT2D eigenvalue weighted by Crippen LogP contribution is 2.31. The summed E-state index contributed by atoms with van der Waals surface area (Å²) in [5.41, 5.74) is 2.33. The van der Waals surface area contributed by atoms with Crippen molar-refractivity contribution in [1.29, 1.82) is 0 Å². The Balaban J connectivity index is 1.58. The van der Waals surface area contributed by atoms with E-state index >= 15 is 0 Å². The molecule has 0 unspecified atom stereocenters. The molecule has 1 fully saturated rings. The smallest absolute Gasteiger partial charge is 0.293 e. The maximum Gasteiger partial charge on any atom is 0.293 e. The number of carbonyl (C=O) groups is 3. The van der Waals surface area contributed by atoms with Crippen LogP contribution in [-0.2, 0) is 4.79 Å². The van der Waals surface area contributed by atoms with Crippen molar-refractivity contribution in [3.63, 3.8) is 0 Å². The maximum atomic E-state index is 12.4. The normalized spacial score (nSPS) is 15.5. The highest BCUT2D eigenvalue weighted by molar-refractivity contribution is 8.18. The number of rotatable bonds is 5. The average Bonchev–Trinajstić information content (AvgIpc) is 2.91. The largest absolute Gasteiger partial charge is 0.350 e. The van der Waals surface area contributed by atoms with Crippen LogP contribution in [0.2, 0.25) is 5.15 Å². The third-order valence-electron chi connectivity index (χ3n) is 3.86. The number of nitrogens with zero attached hydrogens (tertiary/aromatic N) is 2. The summed E-state index contributed by atoms with van der Waals surface area (Å²) in [6.07, 6.45) is 3.06. The summed E-state index contributed by atoms with van der Waals surface area (Å²) in [5.74, 6) is -0.700. The van der Waals surface area contributed by atoms with Crippen LogP contribution in [0, 0.1) is 6.92 Å². The highest BCUT2D eigenvalue weighted by Gasteiger charge is 2.34. The number of nitrogens with one attached hydrogen (secondary N) is 1. The van der Waals surface area contributed by atoms with E-state index in [4.69, 9.17) is 11.6 Å². The molecule has 1 aliphatic heterocycles. The van der Waals surface area contributed by atoms with Gasteiger partial charge >= 0.3 is 0 Å². The highest BCUT2D eigenvalue weighted by atomic mass is 35.5. The van der Waals surface area contributed by atoms with Crippen LogP contribution >= 0.6 is 23.4 Å². The van der Waals surface area contributed by atoms with Crippen LogP contribution in [0.1, 0.15) is 21.5 Å². The van der Waals surface area contributed by atoms with E-state index in [2.05, 4.69) is 10.3 Å². The third kappa shape index (κ3) is 4.75. The fourth-order valence-electron chi connectivity index (χ4n) is 2.40. The van der Waals surface area contributed by atoms with Crippen LogP contribution in [0.5, 0.6) is 0 Å². The molecule has 27 heavy (non-hydrogen) atoms. The minimum atomic E-state index is -0.354. The number of thioether (sulfide) groups is 1. The standard InChI is InChI=1S/C19H16ClN3O3S/c1-12-2-4-13(5-3-12)10-15-18(25)23(19(26)27-15)9-8-21-17(24)14-6-7-16(20)22-11-14/h2-7,10-11H,8-9H2,1H3,(H,21,24). The summed E-state index contributed by atoms with van der Waals surface area (Å²) in [6.45, 7) is 2.23. The van der Waals surface area contributed by atoms with Crippen LogP contribution in [-0.4, -0.2) is 40.0 Å². The second kappa shape index (κ2) is 8.37. The van der Waals surface area contributed by atoms with Gasteiger partial charge in [-0.3, -0.25) is 19.3 Å². The van der Waals surface area contributed by atoms with Crippen molar-refractivity contribution in [3.8, 4) is 0 Å². The molecule has 3 rings (SSSR count). The Hall–Kier alpha value is -2.64. The van der Waals surface area contributed by atoms with E-state index in [-0.39, 0.29) is 30.1 Å². The monoisotopic (exact) mass is 401 g/mol. The minimum Gasteiger partial charge on any atom is -0.350 e. The van der Waals surface area contributed by atoms with Gasteiger partial charge in [-0.2, -0.15) is 0 Å². The molecule has 0 aliphatic carbocycles. The van der Waals surface area contributed by atoms with Crippen LogP contribution < -0.4 is 5.32 Å². The summed E-state index contributed by atoms with van der Waals surface area (Å²) >= 11 is 6.58. The first-order chi connectivity index (χ1) is 12.9.